The number of ether oxygens (including phenoxy) is 2. The van der Waals surface area contributed by atoms with Crippen LogP contribution in [0.4, 0.5) is 0 Å². The molecule has 0 aromatic heterocycles. The first-order chi connectivity index (χ1) is 15.1. The van der Waals surface area contributed by atoms with Crippen molar-refractivity contribution in [2.75, 3.05) is 6.61 Å². The summed E-state index contributed by atoms with van der Waals surface area (Å²) in [4.78, 5) is 11.8. The van der Waals surface area contributed by atoms with Gasteiger partial charge in [-0.15, -0.1) is 0 Å². The normalized spacial score (nSPS) is 11.7. The average Bonchev–Trinajstić information content (AvgIpc) is 2.80. The maximum Gasteiger partial charge on any atom is 0.306 e. The summed E-state index contributed by atoms with van der Waals surface area (Å²) in [6.45, 7) is 6.81. The van der Waals surface area contributed by atoms with Crippen LogP contribution in [0.3, 0.4) is 0 Å². The molecule has 0 heterocycles. The van der Waals surface area contributed by atoms with Crippen molar-refractivity contribution < 1.29 is 14.3 Å². The van der Waals surface area contributed by atoms with Crippen molar-refractivity contribution in [2.45, 2.75) is 52.6 Å². The van der Waals surface area contributed by atoms with Crippen molar-refractivity contribution in [3.8, 4) is 28.0 Å². The highest BCUT2D eigenvalue weighted by Crippen LogP contribution is 2.33. The van der Waals surface area contributed by atoms with Crippen LogP contribution in [-0.2, 0) is 9.53 Å². The fraction of sp³-hybridized carbons (Fsp3) is 0.321. The quantitative estimate of drug-likeness (QED) is 0.252. The smallest absolute Gasteiger partial charge is 0.306 e. The number of carbonyl (C=O) groups is 1. The van der Waals surface area contributed by atoms with E-state index in [2.05, 4.69) is 55.5 Å². The second kappa shape index (κ2) is 11.4. The molecule has 0 N–H and O–H groups in total. The Morgan fingerprint density at radius 2 is 1.39 bits per heavy atom. The summed E-state index contributed by atoms with van der Waals surface area (Å²) in [5.74, 6) is 0.761. The molecule has 3 heteroatoms. The Kier molecular flexibility index (Phi) is 8.28. The van der Waals surface area contributed by atoms with E-state index in [0.29, 0.717) is 6.42 Å². The summed E-state index contributed by atoms with van der Waals surface area (Å²) in [6.07, 6.45) is 3.20. The van der Waals surface area contributed by atoms with E-state index in [9.17, 15) is 4.79 Å². The van der Waals surface area contributed by atoms with Crippen LogP contribution in [0.2, 0.25) is 0 Å². The highest BCUT2D eigenvalue weighted by molar-refractivity contribution is 5.83. The number of esters is 1. The number of hydrogen-bond donors (Lipinski definition) is 0. The van der Waals surface area contributed by atoms with Gasteiger partial charge in [-0.05, 0) is 59.7 Å². The highest BCUT2D eigenvalue weighted by atomic mass is 16.5. The van der Waals surface area contributed by atoms with Gasteiger partial charge in [0.25, 0.3) is 0 Å². The summed E-state index contributed by atoms with van der Waals surface area (Å²) < 4.78 is 11.3. The van der Waals surface area contributed by atoms with Crippen LogP contribution in [0.5, 0.6) is 5.75 Å². The van der Waals surface area contributed by atoms with Crippen LogP contribution in [0.15, 0.2) is 72.8 Å². The lowest BCUT2D eigenvalue weighted by molar-refractivity contribution is -0.148. The van der Waals surface area contributed by atoms with E-state index in [0.717, 1.165) is 48.3 Å². The molecule has 0 fully saturated rings. The molecule has 0 radical (unpaired) electrons. The zero-order valence-corrected chi connectivity index (χ0v) is 18.8. The van der Waals surface area contributed by atoms with Crippen LogP contribution in [0.1, 0.15) is 58.1 Å². The maximum absolute atomic E-state index is 11.8. The highest BCUT2D eigenvalue weighted by Gasteiger charge is 2.12. The topological polar surface area (TPSA) is 35.5 Å². The molecule has 1 atom stereocenters. The Morgan fingerprint density at radius 1 is 0.806 bits per heavy atom. The largest absolute Gasteiger partial charge is 0.494 e. The fourth-order valence-electron chi connectivity index (χ4n) is 3.51. The van der Waals surface area contributed by atoms with E-state index in [1.54, 1.807) is 0 Å². The third kappa shape index (κ3) is 6.21. The van der Waals surface area contributed by atoms with Crippen molar-refractivity contribution in [3.05, 3.63) is 78.4 Å². The van der Waals surface area contributed by atoms with Gasteiger partial charge in [0.05, 0.1) is 6.61 Å². The average molecular weight is 417 g/mol. The van der Waals surface area contributed by atoms with Gasteiger partial charge in [0, 0.05) is 6.42 Å². The zero-order valence-electron chi connectivity index (χ0n) is 18.8. The first-order valence-corrected chi connectivity index (χ1v) is 11.2. The molecular weight excluding hydrogens is 384 g/mol. The van der Waals surface area contributed by atoms with E-state index >= 15 is 0 Å². The van der Waals surface area contributed by atoms with Gasteiger partial charge in [0.1, 0.15) is 11.9 Å². The Labute approximate surface area is 186 Å². The number of carbonyl (C=O) groups excluding carboxylic acids is 1. The summed E-state index contributed by atoms with van der Waals surface area (Å²) in [7, 11) is 0. The summed E-state index contributed by atoms with van der Waals surface area (Å²) in [5.41, 5.74) is 5.64. The molecule has 162 valence electrons. The minimum atomic E-state index is -0.247. The molecule has 0 bridgehead atoms. The van der Waals surface area contributed by atoms with Crippen LogP contribution in [0, 0.1) is 0 Å². The molecule has 0 saturated heterocycles. The summed E-state index contributed by atoms with van der Waals surface area (Å²) in [6, 6.07) is 25.0. The molecule has 0 amide bonds. The van der Waals surface area contributed by atoms with Crippen LogP contribution < -0.4 is 4.74 Å². The molecule has 3 aromatic carbocycles. The summed E-state index contributed by atoms with van der Waals surface area (Å²) >= 11 is 0. The van der Waals surface area contributed by atoms with E-state index in [-0.39, 0.29) is 12.1 Å². The van der Waals surface area contributed by atoms with E-state index in [1.165, 1.54) is 11.1 Å². The van der Waals surface area contributed by atoms with Gasteiger partial charge >= 0.3 is 5.97 Å². The monoisotopic (exact) mass is 416 g/mol. The van der Waals surface area contributed by atoms with Crippen LogP contribution in [0.25, 0.3) is 22.3 Å². The van der Waals surface area contributed by atoms with Crippen LogP contribution >= 0.6 is 0 Å². The number of rotatable bonds is 10. The van der Waals surface area contributed by atoms with Crippen molar-refractivity contribution in [1.29, 1.82) is 0 Å². The molecule has 3 aromatic rings. The molecule has 3 nitrogen and oxygen atoms in total. The van der Waals surface area contributed by atoms with Crippen molar-refractivity contribution in [3.63, 3.8) is 0 Å². The van der Waals surface area contributed by atoms with Gasteiger partial charge < -0.3 is 9.47 Å². The number of hydrogen-bond acceptors (Lipinski definition) is 3. The Hall–Kier alpha value is -3.07. The lowest BCUT2D eigenvalue weighted by Gasteiger charge is -2.15. The van der Waals surface area contributed by atoms with Crippen molar-refractivity contribution in [1.82, 2.24) is 0 Å². The second-order valence-corrected chi connectivity index (χ2v) is 7.78. The lowest BCUT2D eigenvalue weighted by Crippen LogP contribution is -2.08. The van der Waals surface area contributed by atoms with Gasteiger partial charge in [-0.3, -0.25) is 4.79 Å². The molecule has 0 spiro atoms. The lowest BCUT2D eigenvalue weighted by atomic mass is 9.94. The fourth-order valence-corrected chi connectivity index (χ4v) is 3.51. The Balaban J connectivity index is 1.78. The molecule has 0 aliphatic carbocycles. The zero-order chi connectivity index (χ0) is 22.1. The molecule has 0 aliphatic rings. The Morgan fingerprint density at radius 3 is 1.94 bits per heavy atom. The number of benzene rings is 3. The van der Waals surface area contributed by atoms with Gasteiger partial charge in [-0.25, -0.2) is 0 Å². The molecule has 1 unspecified atom stereocenters. The summed E-state index contributed by atoms with van der Waals surface area (Å²) in [5, 5.41) is 0. The first kappa shape index (κ1) is 22.6. The standard InChI is InChI=1S/C28H32O3/c1-4-6-20-30-25-18-16-24(17-19-25)27-11-8-7-10-26(27)23-14-12-22(13-15-23)21(3)31-28(29)9-5-2/h7-8,10-19,21H,4-6,9,20H2,1-3H3. The first-order valence-electron chi connectivity index (χ1n) is 11.2. The molecule has 0 saturated carbocycles. The van der Waals surface area contributed by atoms with Crippen molar-refractivity contribution in [2.24, 2.45) is 0 Å². The Bertz CT molecular complexity index is 958. The predicted octanol–water partition coefficient (Wildman–Crippen LogP) is 7.60. The third-order valence-corrected chi connectivity index (χ3v) is 5.31. The van der Waals surface area contributed by atoms with Gasteiger partial charge in [0.2, 0.25) is 0 Å². The molecule has 0 aliphatic heterocycles. The molecular formula is C28H32O3. The second-order valence-electron chi connectivity index (χ2n) is 7.78. The van der Waals surface area contributed by atoms with Crippen molar-refractivity contribution >= 4 is 5.97 Å². The van der Waals surface area contributed by atoms with Gasteiger partial charge in [0.15, 0.2) is 0 Å². The van der Waals surface area contributed by atoms with Crippen LogP contribution in [-0.4, -0.2) is 12.6 Å². The SMILES string of the molecule is CCCCOc1ccc(-c2ccccc2-c2ccc(C(C)OC(=O)CCC)cc2)cc1. The van der Waals surface area contributed by atoms with Gasteiger partial charge in [-0.2, -0.15) is 0 Å². The minimum Gasteiger partial charge on any atom is -0.494 e. The van der Waals surface area contributed by atoms with Gasteiger partial charge in [-0.1, -0.05) is 80.9 Å². The third-order valence-electron chi connectivity index (χ3n) is 5.31. The van der Waals surface area contributed by atoms with E-state index in [4.69, 9.17) is 9.47 Å². The number of unbranched alkanes of at least 4 members (excludes halogenated alkanes) is 1. The maximum atomic E-state index is 11.8. The molecule has 3 rings (SSSR count). The minimum absolute atomic E-state index is 0.147. The van der Waals surface area contributed by atoms with E-state index < -0.39 is 0 Å². The predicted molar refractivity (Wildman–Crippen MR) is 127 cm³/mol. The van der Waals surface area contributed by atoms with E-state index in [1.807, 2.05) is 38.1 Å². The molecule has 31 heavy (non-hydrogen) atoms.